The fraction of sp³-hybridized carbons (Fsp3) is 0.593. The SMILES string of the molecule is CC(C)(O)C(COc1c2ccoc2cc2oc(=O)ccc12)OC1OC(COC2OCC(O)(CO)C2O)C(O)C(O)C1O. The van der Waals surface area contributed by atoms with E-state index in [0.29, 0.717) is 16.4 Å². The van der Waals surface area contributed by atoms with Crippen LogP contribution in [0.15, 0.2) is 44.2 Å². The Balaban J connectivity index is 1.31. The molecule has 0 radical (unpaired) electrons. The summed E-state index contributed by atoms with van der Waals surface area (Å²) in [7, 11) is 0. The van der Waals surface area contributed by atoms with Gasteiger partial charge in [-0.15, -0.1) is 0 Å². The van der Waals surface area contributed by atoms with Crippen molar-refractivity contribution in [2.24, 2.45) is 0 Å². The summed E-state index contributed by atoms with van der Waals surface area (Å²) in [5.41, 5.74) is -3.50. The smallest absolute Gasteiger partial charge is 0.336 e. The minimum atomic E-state index is -1.94. The highest BCUT2D eigenvalue weighted by atomic mass is 16.7. The molecule has 9 atom stereocenters. The van der Waals surface area contributed by atoms with Gasteiger partial charge in [-0.2, -0.15) is 0 Å². The number of hydrogen-bond donors (Lipinski definition) is 7. The summed E-state index contributed by atoms with van der Waals surface area (Å²) in [5.74, 6) is 0.280. The van der Waals surface area contributed by atoms with Gasteiger partial charge in [-0.05, 0) is 26.0 Å². The molecule has 15 nitrogen and oxygen atoms in total. The molecule has 42 heavy (non-hydrogen) atoms. The van der Waals surface area contributed by atoms with E-state index in [1.165, 1.54) is 32.2 Å². The van der Waals surface area contributed by atoms with Gasteiger partial charge in [-0.25, -0.2) is 4.79 Å². The molecule has 2 aliphatic heterocycles. The molecule has 0 bridgehead atoms. The van der Waals surface area contributed by atoms with Crippen LogP contribution in [0, 0.1) is 0 Å². The van der Waals surface area contributed by atoms with Gasteiger partial charge in [0.1, 0.15) is 65.7 Å². The van der Waals surface area contributed by atoms with Gasteiger partial charge in [0.05, 0.1) is 42.5 Å². The second-order valence-electron chi connectivity index (χ2n) is 11.0. The van der Waals surface area contributed by atoms with E-state index in [1.54, 1.807) is 12.1 Å². The number of hydrogen-bond acceptors (Lipinski definition) is 15. The highest BCUT2D eigenvalue weighted by molar-refractivity contribution is 6.01. The van der Waals surface area contributed by atoms with E-state index in [0.717, 1.165) is 0 Å². The predicted molar refractivity (Wildman–Crippen MR) is 139 cm³/mol. The van der Waals surface area contributed by atoms with Crippen molar-refractivity contribution in [2.45, 2.75) is 74.3 Å². The standard InChI is InChI=1S/C27H34O15/c1-26(2,34)17(9-37-22-12-3-4-18(29)40-15(12)7-14-13(22)5-6-36-14)42-24-21(32)20(31)19(30)16(41-24)8-38-25-23(33)27(35,10-28)11-39-25/h3-7,16-17,19-21,23-25,28,30-35H,8-11H2,1-2H3. The molecule has 2 aliphatic rings. The number of fused-ring (bicyclic) bond motifs is 2. The van der Waals surface area contributed by atoms with E-state index in [-0.39, 0.29) is 17.9 Å². The second-order valence-corrected chi connectivity index (χ2v) is 11.0. The largest absolute Gasteiger partial charge is 0.489 e. The summed E-state index contributed by atoms with van der Waals surface area (Å²) < 4.78 is 38.9. The maximum absolute atomic E-state index is 11.8. The van der Waals surface area contributed by atoms with Crippen LogP contribution < -0.4 is 10.4 Å². The molecule has 2 saturated heterocycles. The molecular weight excluding hydrogens is 564 g/mol. The molecule has 2 fully saturated rings. The molecule has 0 saturated carbocycles. The number of furan rings is 1. The fourth-order valence-corrected chi connectivity index (χ4v) is 4.79. The van der Waals surface area contributed by atoms with Crippen LogP contribution in [0.5, 0.6) is 5.75 Å². The Kier molecular flexibility index (Phi) is 8.63. The number of ether oxygens (including phenoxy) is 5. The number of aliphatic hydroxyl groups is 7. The molecule has 5 rings (SSSR count). The number of aliphatic hydroxyl groups excluding tert-OH is 5. The molecule has 2 aromatic heterocycles. The van der Waals surface area contributed by atoms with Crippen molar-refractivity contribution in [2.75, 3.05) is 26.4 Å². The van der Waals surface area contributed by atoms with Gasteiger partial charge in [0.15, 0.2) is 12.6 Å². The van der Waals surface area contributed by atoms with Gasteiger partial charge < -0.3 is 68.3 Å². The van der Waals surface area contributed by atoms with Gasteiger partial charge in [0.25, 0.3) is 0 Å². The third kappa shape index (κ3) is 5.91. The van der Waals surface area contributed by atoms with Gasteiger partial charge in [-0.1, -0.05) is 0 Å². The molecule has 3 aromatic rings. The first kappa shape index (κ1) is 30.8. The Morgan fingerprint density at radius 3 is 2.48 bits per heavy atom. The average Bonchev–Trinajstić information content (AvgIpc) is 3.53. The minimum Gasteiger partial charge on any atom is -0.489 e. The monoisotopic (exact) mass is 598 g/mol. The van der Waals surface area contributed by atoms with Crippen LogP contribution in [-0.4, -0.2) is 123 Å². The van der Waals surface area contributed by atoms with E-state index >= 15 is 0 Å². The molecule has 1 aromatic carbocycles. The second kappa shape index (κ2) is 11.8. The zero-order valence-corrected chi connectivity index (χ0v) is 22.7. The summed E-state index contributed by atoms with van der Waals surface area (Å²) >= 11 is 0. The lowest BCUT2D eigenvalue weighted by Gasteiger charge is -2.43. The van der Waals surface area contributed by atoms with Crippen LogP contribution in [0.3, 0.4) is 0 Å². The van der Waals surface area contributed by atoms with Gasteiger partial charge >= 0.3 is 5.63 Å². The topological polar surface area (TPSA) is 231 Å². The van der Waals surface area contributed by atoms with Crippen LogP contribution >= 0.6 is 0 Å². The van der Waals surface area contributed by atoms with Crippen LogP contribution in [-0.2, 0) is 18.9 Å². The zero-order chi connectivity index (χ0) is 30.4. The van der Waals surface area contributed by atoms with E-state index in [9.17, 15) is 40.5 Å². The quantitative estimate of drug-likeness (QED) is 0.129. The Morgan fingerprint density at radius 2 is 1.79 bits per heavy atom. The van der Waals surface area contributed by atoms with E-state index in [4.69, 9.17) is 32.5 Å². The molecule has 0 aliphatic carbocycles. The van der Waals surface area contributed by atoms with Crippen molar-refractivity contribution < 1.29 is 68.3 Å². The Labute approximate surface area is 238 Å². The van der Waals surface area contributed by atoms with Crippen LogP contribution in [0.1, 0.15) is 13.8 Å². The molecule has 9 unspecified atom stereocenters. The van der Waals surface area contributed by atoms with Crippen molar-refractivity contribution in [3.05, 3.63) is 40.9 Å². The maximum atomic E-state index is 11.8. The summed E-state index contributed by atoms with van der Waals surface area (Å²) in [6.07, 6.45) is -10.8. The highest BCUT2D eigenvalue weighted by Gasteiger charge is 2.50. The molecule has 4 heterocycles. The van der Waals surface area contributed by atoms with E-state index in [1.807, 2.05) is 0 Å². The van der Waals surface area contributed by atoms with Crippen molar-refractivity contribution in [3.63, 3.8) is 0 Å². The summed E-state index contributed by atoms with van der Waals surface area (Å²) in [4.78, 5) is 11.8. The lowest BCUT2D eigenvalue weighted by atomic mass is 9.98. The minimum absolute atomic E-state index is 0.209. The summed E-state index contributed by atoms with van der Waals surface area (Å²) in [6, 6.07) is 5.94. The first-order chi connectivity index (χ1) is 19.8. The maximum Gasteiger partial charge on any atom is 0.336 e. The normalized spacial score (nSPS) is 32.9. The Hall–Kier alpha value is -2.67. The van der Waals surface area contributed by atoms with E-state index in [2.05, 4.69) is 0 Å². The lowest BCUT2D eigenvalue weighted by molar-refractivity contribution is -0.329. The molecule has 232 valence electrons. The highest BCUT2D eigenvalue weighted by Crippen LogP contribution is 2.36. The van der Waals surface area contributed by atoms with E-state index < -0.39 is 85.9 Å². The zero-order valence-electron chi connectivity index (χ0n) is 22.7. The lowest BCUT2D eigenvalue weighted by Crippen LogP contribution is -2.61. The van der Waals surface area contributed by atoms with Crippen molar-refractivity contribution >= 4 is 21.9 Å². The molecule has 0 amide bonds. The molecule has 15 heteroatoms. The van der Waals surface area contributed by atoms with Crippen LogP contribution in [0.4, 0.5) is 0 Å². The summed E-state index contributed by atoms with van der Waals surface area (Å²) in [5, 5.41) is 73.1. The fourth-order valence-electron chi connectivity index (χ4n) is 4.79. The molecule has 0 spiro atoms. The predicted octanol–water partition coefficient (Wildman–Crippen LogP) is -1.66. The van der Waals surface area contributed by atoms with Gasteiger partial charge in [-0.3, -0.25) is 0 Å². The average molecular weight is 599 g/mol. The van der Waals surface area contributed by atoms with Crippen LogP contribution in [0.25, 0.3) is 21.9 Å². The van der Waals surface area contributed by atoms with Gasteiger partial charge in [0.2, 0.25) is 0 Å². The third-order valence-corrected chi connectivity index (χ3v) is 7.45. The first-order valence-corrected chi connectivity index (χ1v) is 13.2. The number of rotatable bonds is 10. The third-order valence-electron chi connectivity index (χ3n) is 7.45. The Bertz CT molecular complexity index is 1430. The molecule has 7 N–H and O–H groups in total. The van der Waals surface area contributed by atoms with Crippen molar-refractivity contribution in [1.82, 2.24) is 0 Å². The number of benzene rings is 1. The van der Waals surface area contributed by atoms with Crippen molar-refractivity contribution in [3.8, 4) is 5.75 Å². The van der Waals surface area contributed by atoms with Crippen molar-refractivity contribution in [1.29, 1.82) is 0 Å². The first-order valence-electron chi connectivity index (χ1n) is 13.2. The van der Waals surface area contributed by atoms with Crippen LogP contribution in [0.2, 0.25) is 0 Å². The molecular formula is C27H34O15. The Morgan fingerprint density at radius 1 is 1.05 bits per heavy atom. The summed E-state index contributed by atoms with van der Waals surface area (Å²) in [6.45, 7) is 0.889. The van der Waals surface area contributed by atoms with Gasteiger partial charge in [0, 0.05) is 12.1 Å².